The van der Waals surface area contributed by atoms with Gasteiger partial charge in [0.15, 0.2) is 0 Å². The van der Waals surface area contributed by atoms with Gasteiger partial charge in [-0.15, -0.1) is 0 Å². The predicted octanol–water partition coefficient (Wildman–Crippen LogP) is 0.359. The molecule has 0 aliphatic heterocycles. The van der Waals surface area contributed by atoms with E-state index in [1.54, 1.807) is 24.3 Å². The standard InChI is InChI=1S/C14H18NO8P/c15-11(8-22-24(18,19)20)12(16)5-6-21-10-3-1-9-2-4-14(17)23-13(9)7-10/h1-4,7,11-12,16H,5-6,8,15H2,(H2,18,19,20)/t11-,12+/m1/s1. The van der Waals surface area contributed by atoms with E-state index in [0.717, 1.165) is 5.39 Å². The lowest BCUT2D eigenvalue weighted by molar-refractivity contribution is 0.0832. The van der Waals surface area contributed by atoms with E-state index >= 15 is 0 Å². The number of phosphoric acid groups is 1. The maximum Gasteiger partial charge on any atom is 0.469 e. The molecule has 0 spiro atoms. The molecule has 0 unspecified atom stereocenters. The summed E-state index contributed by atoms with van der Waals surface area (Å²) in [5, 5.41) is 10.6. The molecule has 1 heterocycles. The van der Waals surface area contributed by atoms with E-state index in [4.69, 9.17) is 24.7 Å². The van der Waals surface area contributed by atoms with Gasteiger partial charge in [-0.25, -0.2) is 9.36 Å². The first kappa shape index (κ1) is 18.6. The summed E-state index contributed by atoms with van der Waals surface area (Å²) in [5.41, 5.74) is 5.49. The number of phosphoric ester groups is 1. The van der Waals surface area contributed by atoms with Crippen molar-refractivity contribution in [2.24, 2.45) is 5.73 Å². The average Bonchev–Trinajstić information content (AvgIpc) is 2.51. The molecule has 0 amide bonds. The fraction of sp³-hybridized carbons (Fsp3) is 0.357. The van der Waals surface area contributed by atoms with Crippen molar-refractivity contribution in [3.8, 4) is 5.75 Å². The van der Waals surface area contributed by atoms with Crippen LogP contribution in [-0.2, 0) is 9.09 Å². The van der Waals surface area contributed by atoms with Gasteiger partial charge in [0.05, 0.1) is 25.4 Å². The molecule has 0 radical (unpaired) electrons. The molecule has 0 bridgehead atoms. The van der Waals surface area contributed by atoms with Gasteiger partial charge < -0.3 is 29.8 Å². The highest BCUT2D eigenvalue weighted by Crippen LogP contribution is 2.35. The van der Waals surface area contributed by atoms with Gasteiger partial charge in [-0.05, 0) is 18.2 Å². The van der Waals surface area contributed by atoms with Crippen LogP contribution in [0.25, 0.3) is 11.0 Å². The lowest BCUT2D eigenvalue weighted by Crippen LogP contribution is -2.39. The second-order valence-electron chi connectivity index (χ2n) is 5.11. The van der Waals surface area contributed by atoms with E-state index < -0.39 is 32.2 Å². The number of rotatable bonds is 8. The van der Waals surface area contributed by atoms with Crippen LogP contribution in [0.3, 0.4) is 0 Å². The third-order valence-corrected chi connectivity index (χ3v) is 3.69. The van der Waals surface area contributed by atoms with Crippen LogP contribution in [0.15, 0.2) is 39.5 Å². The third-order valence-electron chi connectivity index (χ3n) is 3.21. The largest absolute Gasteiger partial charge is 0.493 e. The van der Waals surface area contributed by atoms with Gasteiger partial charge in [-0.1, -0.05) is 0 Å². The van der Waals surface area contributed by atoms with Crippen LogP contribution < -0.4 is 16.1 Å². The number of hydrogen-bond donors (Lipinski definition) is 4. The van der Waals surface area contributed by atoms with Crippen LogP contribution in [0.4, 0.5) is 0 Å². The fourth-order valence-electron chi connectivity index (χ4n) is 1.94. The lowest BCUT2D eigenvalue weighted by Gasteiger charge is -2.19. The Kier molecular flexibility index (Phi) is 6.11. The molecule has 0 fully saturated rings. The third kappa shape index (κ3) is 5.72. The molecule has 24 heavy (non-hydrogen) atoms. The van der Waals surface area contributed by atoms with E-state index in [1.165, 1.54) is 6.07 Å². The first-order valence-electron chi connectivity index (χ1n) is 7.05. The molecule has 2 rings (SSSR count). The quantitative estimate of drug-likeness (QED) is 0.386. The minimum absolute atomic E-state index is 0.105. The van der Waals surface area contributed by atoms with Gasteiger partial charge in [0, 0.05) is 23.9 Å². The van der Waals surface area contributed by atoms with Crippen molar-refractivity contribution in [1.29, 1.82) is 0 Å². The van der Waals surface area contributed by atoms with E-state index in [-0.39, 0.29) is 13.0 Å². The highest BCUT2D eigenvalue weighted by molar-refractivity contribution is 7.46. The summed E-state index contributed by atoms with van der Waals surface area (Å²) in [4.78, 5) is 28.3. The Morgan fingerprint density at radius 1 is 1.25 bits per heavy atom. The van der Waals surface area contributed by atoms with Crippen LogP contribution in [0.1, 0.15) is 6.42 Å². The normalized spacial score (nSPS) is 14.5. The Morgan fingerprint density at radius 3 is 2.67 bits per heavy atom. The molecular formula is C14H18NO8P. The lowest BCUT2D eigenvalue weighted by atomic mass is 10.1. The molecule has 2 atom stereocenters. The summed E-state index contributed by atoms with van der Waals surface area (Å²) >= 11 is 0. The van der Waals surface area contributed by atoms with E-state index in [0.29, 0.717) is 11.3 Å². The zero-order chi connectivity index (χ0) is 17.7. The molecule has 9 nitrogen and oxygen atoms in total. The van der Waals surface area contributed by atoms with Crippen LogP contribution in [0, 0.1) is 0 Å². The first-order chi connectivity index (χ1) is 11.2. The molecule has 132 valence electrons. The average molecular weight is 359 g/mol. The number of hydrogen-bond acceptors (Lipinski definition) is 7. The van der Waals surface area contributed by atoms with Crippen molar-refractivity contribution in [3.63, 3.8) is 0 Å². The Balaban J connectivity index is 1.85. The molecule has 0 aliphatic rings. The zero-order valence-corrected chi connectivity index (χ0v) is 13.5. The topological polar surface area (TPSA) is 152 Å². The molecule has 0 aliphatic carbocycles. The van der Waals surface area contributed by atoms with E-state index in [2.05, 4.69) is 4.52 Å². The molecule has 10 heteroatoms. The fourth-order valence-corrected chi connectivity index (χ4v) is 2.30. The second kappa shape index (κ2) is 7.89. The van der Waals surface area contributed by atoms with Crippen LogP contribution in [0.5, 0.6) is 5.75 Å². The van der Waals surface area contributed by atoms with Gasteiger partial charge in [0.25, 0.3) is 0 Å². The summed E-state index contributed by atoms with van der Waals surface area (Å²) in [6, 6.07) is 6.96. The summed E-state index contributed by atoms with van der Waals surface area (Å²) in [6.07, 6.45) is -0.933. The van der Waals surface area contributed by atoms with Gasteiger partial charge in [0.1, 0.15) is 11.3 Å². The number of aliphatic hydroxyl groups excluding tert-OH is 1. The van der Waals surface area contributed by atoms with Crippen molar-refractivity contribution in [1.82, 2.24) is 0 Å². The van der Waals surface area contributed by atoms with E-state index in [9.17, 15) is 14.5 Å². The number of aliphatic hydroxyl groups is 1. The Morgan fingerprint density at radius 2 is 1.96 bits per heavy atom. The molecule has 1 aromatic heterocycles. The molecule has 0 saturated carbocycles. The van der Waals surface area contributed by atoms with Crippen LogP contribution in [-0.4, -0.2) is 40.3 Å². The summed E-state index contributed by atoms with van der Waals surface area (Å²) in [6.45, 7) is -0.375. The predicted molar refractivity (Wildman–Crippen MR) is 84.6 cm³/mol. The summed E-state index contributed by atoms with van der Waals surface area (Å²) in [7, 11) is -4.62. The summed E-state index contributed by atoms with van der Waals surface area (Å²) in [5.74, 6) is 0.448. The molecule has 1 aromatic carbocycles. The number of fused-ring (bicyclic) bond motifs is 1. The minimum Gasteiger partial charge on any atom is -0.493 e. The van der Waals surface area contributed by atoms with Crippen molar-refractivity contribution in [2.45, 2.75) is 18.6 Å². The van der Waals surface area contributed by atoms with Gasteiger partial charge in [-0.2, -0.15) is 0 Å². The zero-order valence-electron chi connectivity index (χ0n) is 12.6. The number of nitrogens with two attached hydrogens (primary N) is 1. The van der Waals surface area contributed by atoms with Crippen LogP contribution in [0.2, 0.25) is 0 Å². The van der Waals surface area contributed by atoms with Gasteiger partial charge in [0.2, 0.25) is 0 Å². The maximum absolute atomic E-state index is 11.2. The monoisotopic (exact) mass is 359 g/mol. The van der Waals surface area contributed by atoms with Crippen molar-refractivity contribution >= 4 is 18.8 Å². The highest BCUT2D eigenvalue weighted by Gasteiger charge is 2.21. The van der Waals surface area contributed by atoms with Gasteiger partial charge in [-0.3, -0.25) is 4.52 Å². The smallest absolute Gasteiger partial charge is 0.469 e. The number of ether oxygens (including phenoxy) is 1. The molecule has 0 saturated heterocycles. The van der Waals surface area contributed by atoms with E-state index in [1.807, 2.05) is 0 Å². The van der Waals surface area contributed by atoms with Crippen molar-refractivity contribution in [3.05, 3.63) is 40.8 Å². The molecule has 2 aromatic rings. The second-order valence-corrected chi connectivity index (χ2v) is 6.35. The Labute approximate surface area is 136 Å². The van der Waals surface area contributed by atoms with Crippen molar-refractivity contribution < 1.29 is 33.1 Å². The highest BCUT2D eigenvalue weighted by atomic mass is 31.2. The van der Waals surface area contributed by atoms with Crippen molar-refractivity contribution in [2.75, 3.05) is 13.2 Å². The minimum atomic E-state index is -4.62. The molecule has 5 N–H and O–H groups in total. The Bertz CT molecular complexity index is 786. The maximum atomic E-state index is 11.2. The summed E-state index contributed by atoms with van der Waals surface area (Å²) < 4.78 is 25.3. The Hall–Kier alpha value is -1.74. The van der Waals surface area contributed by atoms with Crippen LogP contribution >= 0.6 is 7.82 Å². The van der Waals surface area contributed by atoms with Gasteiger partial charge >= 0.3 is 13.4 Å². The first-order valence-corrected chi connectivity index (χ1v) is 8.58. The molecular weight excluding hydrogens is 341 g/mol. The SMILES string of the molecule is N[C@H](COP(=O)(O)O)[C@@H](O)CCOc1ccc2ccc(=O)oc2c1. The number of benzene rings is 1.